The number of fused-ring (bicyclic) bond motifs is 1. The minimum atomic E-state index is -0.974. The first-order valence-electron chi connectivity index (χ1n) is 9.55. The molecule has 7 nitrogen and oxygen atoms in total. The zero-order valence-corrected chi connectivity index (χ0v) is 17.9. The fourth-order valence-electron chi connectivity index (χ4n) is 3.84. The summed E-state index contributed by atoms with van der Waals surface area (Å²) >= 11 is 1.52. The number of methoxy groups -OCH3 is 1. The summed E-state index contributed by atoms with van der Waals surface area (Å²) in [4.78, 5) is 38.4. The van der Waals surface area contributed by atoms with Crippen LogP contribution in [0.4, 0.5) is 0 Å². The highest BCUT2D eigenvalue weighted by molar-refractivity contribution is 8.00. The number of aryl methyl sites for hydroxylation is 1. The predicted molar refractivity (Wildman–Crippen MR) is 113 cm³/mol. The number of nitrogens with zero attached hydrogens (tertiary/aromatic N) is 1. The standard InChI is InChI=1S/C20H26N2O5S.ClH/c1-27-20(26)15(11-10-13-6-3-2-4-7-13)21-14-8-5-9-17-22(18(14)23)16(12-28-17)19(24)25;/h2-4,6-7,14-17,21H,5,8-12H2,1H3,(H,24,25);1H/t14-,15?,16-,17+;/m0./s1. The van der Waals surface area contributed by atoms with Crippen molar-refractivity contribution >= 4 is 42.0 Å². The largest absolute Gasteiger partial charge is 0.480 e. The number of carbonyl (C=O) groups excluding carboxylic acids is 2. The van der Waals surface area contributed by atoms with E-state index in [1.165, 1.54) is 23.8 Å². The van der Waals surface area contributed by atoms with Crippen LogP contribution in [0.25, 0.3) is 0 Å². The highest BCUT2D eigenvalue weighted by Gasteiger charge is 2.45. The van der Waals surface area contributed by atoms with Gasteiger partial charge in [-0.15, -0.1) is 24.2 Å². The molecule has 0 saturated carbocycles. The zero-order chi connectivity index (χ0) is 20.1. The maximum atomic E-state index is 13.1. The molecule has 2 aliphatic rings. The highest BCUT2D eigenvalue weighted by Crippen LogP contribution is 2.35. The molecule has 2 aliphatic heterocycles. The van der Waals surface area contributed by atoms with Gasteiger partial charge in [-0.1, -0.05) is 30.3 Å². The first-order chi connectivity index (χ1) is 13.5. The third kappa shape index (κ3) is 5.65. The molecular formula is C20H27ClN2O5S. The number of rotatable bonds is 7. The fraction of sp³-hybridized carbons (Fsp3) is 0.550. The molecule has 1 amide bonds. The van der Waals surface area contributed by atoms with Crippen LogP contribution in [0.15, 0.2) is 30.3 Å². The molecule has 2 heterocycles. The molecule has 160 valence electrons. The molecule has 0 radical (unpaired) electrons. The Kier molecular flexibility index (Phi) is 8.79. The lowest BCUT2D eigenvalue weighted by Gasteiger charge is -2.29. The Labute approximate surface area is 181 Å². The average molecular weight is 443 g/mol. The average Bonchev–Trinajstić information content (AvgIpc) is 3.07. The Balaban J connectivity index is 0.00000300. The van der Waals surface area contributed by atoms with E-state index in [9.17, 15) is 19.5 Å². The van der Waals surface area contributed by atoms with Gasteiger partial charge in [-0.3, -0.25) is 14.9 Å². The zero-order valence-electron chi connectivity index (χ0n) is 16.3. The molecule has 1 aromatic carbocycles. The second-order valence-corrected chi connectivity index (χ2v) is 8.35. The Hall–Kier alpha value is -1.77. The maximum Gasteiger partial charge on any atom is 0.327 e. The molecule has 1 unspecified atom stereocenters. The van der Waals surface area contributed by atoms with Gasteiger partial charge in [0.05, 0.1) is 18.5 Å². The molecule has 9 heteroatoms. The summed E-state index contributed by atoms with van der Waals surface area (Å²) in [6.45, 7) is 0. The number of hydrogen-bond acceptors (Lipinski definition) is 6. The van der Waals surface area contributed by atoms with Gasteiger partial charge in [0.2, 0.25) is 5.91 Å². The van der Waals surface area contributed by atoms with Crippen LogP contribution >= 0.6 is 24.2 Å². The number of benzene rings is 1. The second kappa shape index (κ2) is 10.8. The first-order valence-corrected chi connectivity index (χ1v) is 10.6. The van der Waals surface area contributed by atoms with Crippen LogP contribution in [-0.2, 0) is 25.5 Å². The molecular weight excluding hydrogens is 416 g/mol. The van der Waals surface area contributed by atoms with Gasteiger partial charge in [0.25, 0.3) is 0 Å². The molecule has 29 heavy (non-hydrogen) atoms. The lowest BCUT2D eigenvalue weighted by Crippen LogP contribution is -2.55. The number of nitrogens with one attached hydrogen (secondary N) is 1. The van der Waals surface area contributed by atoms with E-state index in [1.807, 2.05) is 30.3 Å². The van der Waals surface area contributed by atoms with Crippen molar-refractivity contribution in [2.24, 2.45) is 0 Å². The van der Waals surface area contributed by atoms with Gasteiger partial charge >= 0.3 is 11.9 Å². The summed E-state index contributed by atoms with van der Waals surface area (Å²) in [6, 6.07) is 7.82. The Morgan fingerprint density at radius 1 is 1.31 bits per heavy atom. The Morgan fingerprint density at radius 2 is 2.03 bits per heavy atom. The number of aliphatic carboxylic acids is 1. The lowest BCUT2D eigenvalue weighted by molar-refractivity contribution is -0.150. The van der Waals surface area contributed by atoms with Gasteiger partial charge in [-0.05, 0) is 37.7 Å². The van der Waals surface area contributed by atoms with E-state index in [-0.39, 0.29) is 23.7 Å². The smallest absolute Gasteiger partial charge is 0.327 e. The van der Waals surface area contributed by atoms with Gasteiger partial charge < -0.3 is 14.7 Å². The van der Waals surface area contributed by atoms with Crippen LogP contribution in [0.3, 0.4) is 0 Å². The molecule has 4 atom stereocenters. The van der Waals surface area contributed by atoms with Crippen molar-refractivity contribution < 1.29 is 24.2 Å². The third-order valence-corrected chi connectivity index (χ3v) is 6.68. The summed E-state index contributed by atoms with van der Waals surface area (Å²) in [5.74, 6) is -1.20. The van der Waals surface area contributed by atoms with E-state index in [4.69, 9.17) is 4.74 Å². The van der Waals surface area contributed by atoms with Gasteiger partial charge in [0.15, 0.2) is 0 Å². The van der Waals surface area contributed by atoms with Crippen molar-refractivity contribution in [1.82, 2.24) is 10.2 Å². The van der Waals surface area contributed by atoms with Crippen LogP contribution in [0, 0.1) is 0 Å². The van der Waals surface area contributed by atoms with E-state index in [0.717, 1.165) is 18.4 Å². The number of amides is 1. The van der Waals surface area contributed by atoms with Crippen molar-refractivity contribution in [2.45, 2.75) is 55.6 Å². The van der Waals surface area contributed by atoms with Gasteiger partial charge in [0, 0.05) is 5.75 Å². The second-order valence-electron chi connectivity index (χ2n) is 7.14. The number of ether oxygens (including phenoxy) is 1. The number of carboxylic acids is 1. The summed E-state index contributed by atoms with van der Waals surface area (Å²) < 4.78 is 4.93. The summed E-state index contributed by atoms with van der Waals surface area (Å²) in [6.07, 6.45) is 3.33. The molecule has 0 spiro atoms. The molecule has 2 saturated heterocycles. The van der Waals surface area contributed by atoms with Crippen molar-refractivity contribution in [3.05, 3.63) is 35.9 Å². The predicted octanol–water partition coefficient (Wildman–Crippen LogP) is 2.08. The number of carbonyl (C=O) groups is 3. The molecule has 3 rings (SSSR count). The topological polar surface area (TPSA) is 95.9 Å². The van der Waals surface area contributed by atoms with Crippen LogP contribution in [0.2, 0.25) is 0 Å². The normalized spacial score (nSPS) is 24.8. The van der Waals surface area contributed by atoms with Crippen molar-refractivity contribution in [2.75, 3.05) is 12.9 Å². The van der Waals surface area contributed by atoms with E-state index < -0.39 is 30.1 Å². The monoisotopic (exact) mass is 442 g/mol. The highest BCUT2D eigenvalue weighted by atomic mass is 35.5. The van der Waals surface area contributed by atoms with Gasteiger partial charge in [-0.25, -0.2) is 4.79 Å². The number of esters is 1. The number of thioether (sulfide) groups is 1. The SMILES string of the molecule is COC(=O)C(CCc1ccccc1)N[C@H]1CCC[C@H]2SC[C@@H](C(=O)O)N2C1=O.Cl. The third-order valence-electron chi connectivity index (χ3n) is 5.33. The minimum absolute atomic E-state index is 0. The maximum absolute atomic E-state index is 13.1. The van der Waals surface area contributed by atoms with Crippen LogP contribution in [0.1, 0.15) is 31.2 Å². The molecule has 0 bridgehead atoms. The number of halogens is 1. The Bertz CT molecular complexity index is 720. The van der Waals surface area contributed by atoms with E-state index >= 15 is 0 Å². The molecule has 2 N–H and O–H groups in total. The summed E-state index contributed by atoms with van der Waals surface area (Å²) in [5.41, 5.74) is 1.10. The van der Waals surface area contributed by atoms with Crippen molar-refractivity contribution in [1.29, 1.82) is 0 Å². The first kappa shape index (κ1) is 23.5. The molecule has 0 aliphatic carbocycles. The van der Waals surface area contributed by atoms with Crippen LogP contribution < -0.4 is 5.32 Å². The summed E-state index contributed by atoms with van der Waals surface area (Å²) in [7, 11) is 1.34. The Morgan fingerprint density at radius 3 is 2.69 bits per heavy atom. The van der Waals surface area contributed by atoms with Crippen LogP contribution in [-0.4, -0.2) is 64.2 Å². The molecule has 0 aromatic heterocycles. The van der Waals surface area contributed by atoms with Crippen molar-refractivity contribution in [3.8, 4) is 0 Å². The van der Waals surface area contributed by atoms with Crippen LogP contribution in [0.5, 0.6) is 0 Å². The van der Waals surface area contributed by atoms with Crippen molar-refractivity contribution in [3.63, 3.8) is 0 Å². The lowest BCUT2D eigenvalue weighted by atomic mass is 10.0. The number of hydrogen-bond donors (Lipinski definition) is 2. The van der Waals surface area contributed by atoms with E-state index in [1.54, 1.807) is 0 Å². The minimum Gasteiger partial charge on any atom is -0.480 e. The molecule has 2 fully saturated rings. The van der Waals surface area contributed by atoms with E-state index in [2.05, 4.69) is 5.32 Å². The quantitative estimate of drug-likeness (QED) is 0.624. The number of carboxylic acid groups (broad SMARTS) is 1. The van der Waals surface area contributed by atoms with Gasteiger partial charge in [-0.2, -0.15) is 0 Å². The van der Waals surface area contributed by atoms with Gasteiger partial charge in [0.1, 0.15) is 12.1 Å². The fourth-order valence-corrected chi connectivity index (χ4v) is 5.29. The van der Waals surface area contributed by atoms with E-state index in [0.29, 0.717) is 25.0 Å². The molecule has 1 aromatic rings. The summed E-state index contributed by atoms with van der Waals surface area (Å²) in [5, 5.41) is 12.5.